The molecule has 20 heavy (non-hydrogen) atoms. The molecular formula is C13H22N2O4S. The summed E-state index contributed by atoms with van der Waals surface area (Å²) in [4.78, 5) is 0. The van der Waals surface area contributed by atoms with Gasteiger partial charge in [-0.1, -0.05) is 0 Å². The number of anilines is 1. The van der Waals surface area contributed by atoms with Gasteiger partial charge in [0, 0.05) is 6.07 Å². The van der Waals surface area contributed by atoms with E-state index in [2.05, 4.69) is 10.0 Å². The largest absolute Gasteiger partial charge is 0.497 e. The number of hydrogen-bond donors (Lipinski definition) is 2. The molecule has 0 radical (unpaired) electrons. The highest BCUT2D eigenvalue weighted by Gasteiger charge is 2.13. The molecule has 6 nitrogen and oxygen atoms in total. The number of nitrogens with one attached hydrogen (secondary N) is 2. The van der Waals surface area contributed by atoms with Gasteiger partial charge >= 0.3 is 0 Å². The van der Waals surface area contributed by atoms with Gasteiger partial charge in [0.15, 0.2) is 0 Å². The Morgan fingerprint density at radius 3 is 2.50 bits per heavy atom. The zero-order valence-corrected chi connectivity index (χ0v) is 12.9. The number of unbranched alkanes of at least 4 members (excludes halogenated alkanes) is 1. The van der Waals surface area contributed by atoms with E-state index in [-0.39, 0.29) is 5.75 Å². The van der Waals surface area contributed by atoms with Gasteiger partial charge in [-0.05, 0) is 38.6 Å². The normalized spacial score (nSPS) is 11.2. The van der Waals surface area contributed by atoms with Crippen molar-refractivity contribution < 1.29 is 17.9 Å². The molecule has 0 aliphatic rings. The van der Waals surface area contributed by atoms with Crippen LogP contribution in [0.2, 0.25) is 0 Å². The minimum atomic E-state index is -3.37. The van der Waals surface area contributed by atoms with Crippen molar-refractivity contribution in [2.24, 2.45) is 0 Å². The standard InChI is InChI=1S/C13H22N2O4S/c1-14-8-4-5-9-20(16,17)15-12-7-6-11(18-2)10-13(12)19-3/h6-7,10,14-15H,4-5,8-9H2,1-3H3. The van der Waals surface area contributed by atoms with Gasteiger partial charge in [-0.15, -0.1) is 0 Å². The highest BCUT2D eigenvalue weighted by molar-refractivity contribution is 7.92. The van der Waals surface area contributed by atoms with Crippen LogP contribution in [-0.2, 0) is 10.0 Å². The molecule has 0 aromatic heterocycles. The molecule has 1 aromatic carbocycles. The van der Waals surface area contributed by atoms with Gasteiger partial charge in [0.25, 0.3) is 0 Å². The fourth-order valence-corrected chi connectivity index (χ4v) is 2.89. The molecular weight excluding hydrogens is 280 g/mol. The number of hydrogen-bond acceptors (Lipinski definition) is 5. The Hall–Kier alpha value is -1.47. The zero-order valence-electron chi connectivity index (χ0n) is 12.1. The SMILES string of the molecule is CNCCCCS(=O)(=O)Nc1ccc(OC)cc1OC. The third-order valence-electron chi connectivity index (χ3n) is 2.76. The second-order valence-electron chi connectivity index (χ2n) is 4.30. The third-order valence-corrected chi connectivity index (χ3v) is 4.12. The second kappa shape index (κ2) is 7.96. The Morgan fingerprint density at radius 1 is 1.15 bits per heavy atom. The molecule has 0 saturated heterocycles. The van der Waals surface area contributed by atoms with Crippen molar-refractivity contribution in [3.63, 3.8) is 0 Å². The van der Waals surface area contributed by atoms with Crippen molar-refractivity contribution in [1.29, 1.82) is 0 Å². The summed E-state index contributed by atoms with van der Waals surface area (Å²) in [7, 11) is 1.50. The van der Waals surface area contributed by atoms with E-state index in [4.69, 9.17) is 9.47 Å². The van der Waals surface area contributed by atoms with Crippen molar-refractivity contribution in [3.05, 3.63) is 18.2 Å². The van der Waals surface area contributed by atoms with E-state index < -0.39 is 10.0 Å². The molecule has 2 N–H and O–H groups in total. The fraction of sp³-hybridized carbons (Fsp3) is 0.538. The van der Waals surface area contributed by atoms with E-state index in [9.17, 15) is 8.42 Å². The first-order chi connectivity index (χ1) is 9.52. The summed E-state index contributed by atoms with van der Waals surface area (Å²) in [6.07, 6.45) is 1.42. The molecule has 1 rings (SSSR count). The Labute approximate surface area is 120 Å². The average Bonchev–Trinajstić information content (AvgIpc) is 2.43. The lowest BCUT2D eigenvalue weighted by Gasteiger charge is -2.12. The molecule has 1 aromatic rings. The highest BCUT2D eigenvalue weighted by Crippen LogP contribution is 2.29. The molecule has 0 fully saturated rings. The fourth-order valence-electron chi connectivity index (χ4n) is 1.70. The first-order valence-electron chi connectivity index (χ1n) is 6.39. The van der Waals surface area contributed by atoms with Crippen molar-refractivity contribution in [3.8, 4) is 11.5 Å². The summed E-state index contributed by atoms with van der Waals surface area (Å²) in [5.74, 6) is 1.13. The number of methoxy groups -OCH3 is 2. The van der Waals surface area contributed by atoms with Crippen LogP contribution in [0.3, 0.4) is 0 Å². The average molecular weight is 302 g/mol. The lowest BCUT2D eigenvalue weighted by atomic mass is 10.3. The molecule has 0 aliphatic carbocycles. The van der Waals surface area contributed by atoms with Crippen LogP contribution in [0.15, 0.2) is 18.2 Å². The van der Waals surface area contributed by atoms with E-state index >= 15 is 0 Å². The molecule has 0 aliphatic heterocycles. The summed E-state index contributed by atoms with van der Waals surface area (Å²) >= 11 is 0. The van der Waals surface area contributed by atoms with Crippen LogP contribution in [0.25, 0.3) is 0 Å². The van der Waals surface area contributed by atoms with Crippen LogP contribution < -0.4 is 19.5 Å². The second-order valence-corrected chi connectivity index (χ2v) is 6.14. The van der Waals surface area contributed by atoms with Crippen LogP contribution in [0.1, 0.15) is 12.8 Å². The van der Waals surface area contributed by atoms with Crippen molar-refractivity contribution in [2.45, 2.75) is 12.8 Å². The molecule has 0 spiro atoms. The quantitative estimate of drug-likeness (QED) is 0.675. The lowest BCUT2D eigenvalue weighted by Crippen LogP contribution is -2.18. The first kappa shape index (κ1) is 16.6. The number of ether oxygens (including phenoxy) is 2. The van der Waals surface area contributed by atoms with Gasteiger partial charge in [-0.2, -0.15) is 0 Å². The summed E-state index contributed by atoms with van der Waals surface area (Å²) < 4.78 is 36.7. The topological polar surface area (TPSA) is 76.7 Å². The van der Waals surface area contributed by atoms with Gasteiger partial charge < -0.3 is 14.8 Å². The van der Waals surface area contributed by atoms with Crippen LogP contribution in [0, 0.1) is 0 Å². The first-order valence-corrected chi connectivity index (χ1v) is 8.04. The summed E-state index contributed by atoms with van der Waals surface area (Å²) in [5.41, 5.74) is 0.418. The van der Waals surface area contributed by atoms with E-state index in [1.165, 1.54) is 7.11 Å². The molecule has 0 heterocycles. The summed E-state index contributed by atoms with van der Waals surface area (Å²) in [6.45, 7) is 0.807. The number of benzene rings is 1. The molecule has 0 unspecified atom stereocenters. The Kier molecular flexibility index (Phi) is 6.60. The summed E-state index contributed by atoms with van der Waals surface area (Å²) in [6, 6.07) is 4.95. The maximum absolute atomic E-state index is 12.0. The van der Waals surface area contributed by atoms with E-state index in [1.54, 1.807) is 25.3 Å². The Morgan fingerprint density at radius 2 is 1.90 bits per heavy atom. The minimum Gasteiger partial charge on any atom is -0.497 e. The highest BCUT2D eigenvalue weighted by atomic mass is 32.2. The Balaban J connectivity index is 2.71. The van der Waals surface area contributed by atoms with Crippen molar-refractivity contribution >= 4 is 15.7 Å². The predicted molar refractivity (Wildman–Crippen MR) is 80.1 cm³/mol. The lowest BCUT2D eigenvalue weighted by molar-refractivity contribution is 0.395. The smallest absolute Gasteiger partial charge is 0.232 e. The molecule has 0 saturated carbocycles. The Bertz CT molecular complexity index is 517. The molecule has 7 heteroatoms. The maximum atomic E-state index is 12.0. The van der Waals surface area contributed by atoms with Crippen LogP contribution in [-0.4, -0.2) is 42.0 Å². The summed E-state index contributed by atoms with van der Waals surface area (Å²) in [5, 5.41) is 2.99. The van der Waals surface area contributed by atoms with Crippen LogP contribution >= 0.6 is 0 Å². The van der Waals surface area contributed by atoms with Gasteiger partial charge in [-0.25, -0.2) is 8.42 Å². The van der Waals surface area contributed by atoms with E-state index in [0.29, 0.717) is 23.6 Å². The molecule has 114 valence electrons. The van der Waals surface area contributed by atoms with E-state index in [0.717, 1.165) is 13.0 Å². The number of rotatable bonds is 9. The van der Waals surface area contributed by atoms with E-state index in [1.807, 2.05) is 7.05 Å². The maximum Gasteiger partial charge on any atom is 0.232 e. The van der Waals surface area contributed by atoms with Gasteiger partial charge in [-0.3, -0.25) is 4.72 Å². The predicted octanol–water partition coefficient (Wildman–Crippen LogP) is 1.45. The number of sulfonamides is 1. The van der Waals surface area contributed by atoms with Gasteiger partial charge in [0.2, 0.25) is 10.0 Å². The minimum absolute atomic E-state index is 0.0872. The zero-order chi connectivity index (χ0) is 15.0. The molecule has 0 atom stereocenters. The van der Waals surface area contributed by atoms with Gasteiger partial charge in [0.1, 0.15) is 11.5 Å². The van der Waals surface area contributed by atoms with Crippen molar-refractivity contribution in [2.75, 3.05) is 38.3 Å². The van der Waals surface area contributed by atoms with Gasteiger partial charge in [0.05, 0.1) is 25.7 Å². The van der Waals surface area contributed by atoms with Crippen molar-refractivity contribution in [1.82, 2.24) is 5.32 Å². The molecule has 0 bridgehead atoms. The third kappa shape index (κ3) is 5.26. The monoisotopic (exact) mass is 302 g/mol. The van der Waals surface area contributed by atoms with Crippen LogP contribution in [0.5, 0.6) is 11.5 Å². The van der Waals surface area contributed by atoms with Crippen LogP contribution in [0.4, 0.5) is 5.69 Å². The molecule has 0 amide bonds.